The van der Waals surface area contributed by atoms with Gasteiger partial charge in [-0.2, -0.15) is 0 Å². The summed E-state index contributed by atoms with van der Waals surface area (Å²) in [7, 11) is 0. The number of aromatic nitrogens is 4. The highest BCUT2D eigenvalue weighted by molar-refractivity contribution is 5.94. The van der Waals surface area contributed by atoms with Gasteiger partial charge in [0.1, 0.15) is 6.33 Å². The lowest BCUT2D eigenvalue weighted by molar-refractivity contribution is 0.0940. The lowest BCUT2D eigenvalue weighted by Crippen LogP contribution is -2.26. The van der Waals surface area contributed by atoms with E-state index in [9.17, 15) is 13.6 Å². The number of benzene rings is 2. The van der Waals surface area contributed by atoms with Gasteiger partial charge < -0.3 is 5.32 Å². The molecule has 0 saturated carbocycles. The first-order valence-corrected chi connectivity index (χ1v) is 7.14. The molecule has 1 aromatic heterocycles. The predicted octanol–water partition coefficient (Wildman–Crippen LogP) is 2.43. The SMILES string of the molecule is C[C@@H](NC(=O)c1ccc(-n2cnnn2)cc1)c1ccc(F)c(F)c1. The van der Waals surface area contributed by atoms with Crippen LogP contribution in [0, 0.1) is 11.6 Å². The first kappa shape index (κ1) is 15.7. The zero-order valence-corrected chi connectivity index (χ0v) is 12.6. The van der Waals surface area contributed by atoms with Crippen LogP contribution < -0.4 is 5.32 Å². The van der Waals surface area contributed by atoms with Gasteiger partial charge in [0.15, 0.2) is 11.6 Å². The topological polar surface area (TPSA) is 72.7 Å². The maximum absolute atomic E-state index is 13.3. The molecule has 0 radical (unpaired) electrons. The van der Waals surface area contributed by atoms with Crippen molar-refractivity contribution in [2.24, 2.45) is 0 Å². The average molecular weight is 329 g/mol. The monoisotopic (exact) mass is 329 g/mol. The third-order valence-electron chi connectivity index (χ3n) is 3.53. The number of hydrogen-bond acceptors (Lipinski definition) is 4. The first-order chi connectivity index (χ1) is 11.5. The van der Waals surface area contributed by atoms with Gasteiger partial charge in [-0.3, -0.25) is 4.79 Å². The van der Waals surface area contributed by atoms with Crippen LogP contribution in [0.5, 0.6) is 0 Å². The van der Waals surface area contributed by atoms with E-state index in [-0.39, 0.29) is 5.91 Å². The maximum Gasteiger partial charge on any atom is 0.251 e. The van der Waals surface area contributed by atoms with Gasteiger partial charge in [-0.25, -0.2) is 13.5 Å². The number of nitrogens with zero attached hydrogens (tertiary/aromatic N) is 4. The summed E-state index contributed by atoms with van der Waals surface area (Å²) >= 11 is 0. The number of carbonyl (C=O) groups excluding carboxylic acids is 1. The second-order valence-corrected chi connectivity index (χ2v) is 5.17. The smallest absolute Gasteiger partial charge is 0.251 e. The molecule has 1 heterocycles. The van der Waals surface area contributed by atoms with Gasteiger partial charge in [-0.15, -0.1) is 5.10 Å². The Labute approximate surface area is 136 Å². The molecule has 0 saturated heterocycles. The van der Waals surface area contributed by atoms with E-state index in [4.69, 9.17) is 0 Å². The predicted molar refractivity (Wildman–Crippen MR) is 81.4 cm³/mol. The summed E-state index contributed by atoms with van der Waals surface area (Å²) in [6.07, 6.45) is 1.44. The van der Waals surface area contributed by atoms with Gasteiger partial charge in [-0.1, -0.05) is 6.07 Å². The van der Waals surface area contributed by atoms with Crippen LogP contribution in [-0.2, 0) is 0 Å². The van der Waals surface area contributed by atoms with Crippen molar-refractivity contribution in [3.8, 4) is 5.69 Å². The van der Waals surface area contributed by atoms with Gasteiger partial charge in [0.2, 0.25) is 0 Å². The number of rotatable bonds is 4. The molecule has 0 unspecified atom stereocenters. The average Bonchev–Trinajstić information content (AvgIpc) is 3.12. The van der Waals surface area contributed by atoms with Gasteiger partial charge in [0.25, 0.3) is 5.91 Å². The Balaban J connectivity index is 1.71. The molecule has 6 nitrogen and oxygen atoms in total. The summed E-state index contributed by atoms with van der Waals surface area (Å²) in [6.45, 7) is 1.69. The summed E-state index contributed by atoms with van der Waals surface area (Å²) in [4.78, 5) is 12.3. The van der Waals surface area contributed by atoms with E-state index in [1.165, 1.54) is 17.1 Å². The van der Waals surface area contributed by atoms with Gasteiger partial charge >= 0.3 is 0 Å². The fraction of sp³-hybridized carbons (Fsp3) is 0.125. The zero-order valence-electron chi connectivity index (χ0n) is 12.6. The molecule has 1 atom stereocenters. The number of tetrazole rings is 1. The van der Waals surface area contributed by atoms with Crippen LogP contribution in [0.15, 0.2) is 48.8 Å². The molecule has 2 aromatic carbocycles. The summed E-state index contributed by atoms with van der Waals surface area (Å²) < 4.78 is 27.7. The van der Waals surface area contributed by atoms with E-state index in [2.05, 4.69) is 20.8 Å². The highest BCUT2D eigenvalue weighted by Gasteiger charge is 2.13. The largest absolute Gasteiger partial charge is 0.346 e. The first-order valence-electron chi connectivity index (χ1n) is 7.14. The fourth-order valence-corrected chi connectivity index (χ4v) is 2.19. The minimum Gasteiger partial charge on any atom is -0.346 e. The molecule has 0 spiro atoms. The van der Waals surface area contributed by atoms with E-state index in [1.54, 1.807) is 31.2 Å². The van der Waals surface area contributed by atoms with E-state index < -0.39 is 17.7 Å². The zero-order chi connectivity index (χ0) is 17.1. The number of nitrogens with one attached hydrogen (secondary N) is 1. The Hall–Kier alpha value is -3.16. The normalized spacial score (nSPS) is 12.0. The van der Waals surface area contributed by atoms with E-state index in [0.717, 1.165) is 12.1 Å². The Morgan fingerprint density at radius 1 is 1.12 bits per heavy atom. The Kier molecular flexibility index (Phi) is 4.28. The standard InChI is InChI=1S/C16H13F2N5O/c1-10(12-4-7-14(17)15(18)8-12)20-16(24)11-2-5-13(6-3-11)23-9-19-21-22-23/h2-10H,1H3,(H,20,24)/t10-/m1/s1. The lowest BCUT2D eigenvalue weighted by atomic mass is 10.1. The number of amides is 1. The minimum atomic E-state index is -0.945. The second kappa shape index (κ2) is 6.53. The summed E-state index contributed by atoms with van der Waals surface area (Å²) in [6, 6.07) is 9.74. The van der Waals surface area contributed by atoms with Crippen LogP contribution >= 0.6 is 0 Å². The van der Waals surface area contributed by atoms with E-state index in [1.807, 2.05) is 0 Å². The van der Waals surface area contributed by atoms with Crippen molar-refractivity contribution in [3.05, 3.63) is 71.6 Å². The molecule has 3 aromatic rings. The van der Waals surface area contributed by atoms with Crippen LogP contribution in [0.3, 0.4) is 0 Å². The Morgan fingerprint density at radius 3 is 2.50 bits per heavy atom. The third kappa shape index (κ3) is 3.27. The van der Waals surface area contributed by atoms with Crippen molar-refractivity contribution in [2.75, 3.05) is 0 Å². The summed E-state index contributed by atoms with van der Waals surface area (Å²) in [5.74, 6) is -2.19. The van der Waals surface area contributed by atoms with Crippen LogP contribution in [0.2, 0.25) is 0 Å². The van der Waals surface area contributed by atoms with Crippen LogP contribution in [0.25, 0.3) is 5.69 Å². The Morgan fingerprint density at radius 2 is 1.88 bits per heavy atom. The minimum absolute atomic E-state index is 0.324. The molecule has 0 bridgehead atoms. The third-order valence-corrected chi connectivity index (χ3v) is 3.53. The molecule has 0 fully saturated rings. The van der Waals surface area contributed by atoms with Crippen molar-refractivity contribution < 1.29 is 13.6 Å². The molecule has 0 aliphatic heterocycles. The fourth-order valence-electron chi connectivity index (χ4n) is 2.19. The number of carbonyl (C=O) groups is 1. The van der Waals surface area contributed by atoms with Crippen LogP contribution in [0.1, 0.15) is 28.9 Å². The van der Waals surface area contributed by atoms with Crippen molar-refractivity contribution in [3.63, 3.8) is 0 Å². The van der Waals surface area contributed by atoms with Gasteiger partial charge in [-0.05, 0) is 59.3 Å². The van der Waals surface area contributed by atoms with E-state index >= 15 is 0 Å². The highest BCUT2D eigenvalue weighted by atomic mass is 19.2. The van der Waals surface area contributed by atoms with Crippen molar-refractivity contribution in [1.29, 1.82) is 0 Å². The maximum atomic E-state index is 13.3. The highest BCUT2D eigenvalue weighted by Crippen LogP contribution is 2.17. The molecule has 1 N–H and O–H groups in total. The molecule has 24 heavy (non-hydrogen) atoms. The van der Waals surface area contributed by atoms with E-state index in [0.29, 0.717) is 16.8 Å². The summed E-state index contributed by atoms with van der Waals surface area (Å²) in [5, 5.41) is 13.6. The molecule has 122 valence electrons. The molecule has 3 rings (SSSR count). The van der Waals surface area contributed by atoms with Crippen LogP contribution in [0.4, 0.5) is 8.78 Å². The number of hydrogen-bond donors (Lipinski definition) is 1. The lowest BCUT2D eigenvalue weighted by Gasteiger charge is -2.15. The van der Waals surface area contributed by atoms with Crippen LogP contribution in [-0.4, -0.2) is 26.1 Å². The quantitative estimate of drug-likeness (QED) is 0.798. The van der Waals surface area contributed by atoms with Gasteiger partial charge in [0.05, 0.1) is 11.7 Å². The molecule has 0 aliphatic carbocycles. The second-order valence-electron chi connectivity index (χ2n) is 5.17. The molecule has 1 amide bonds. The summed E-state index contributed by atoms with van der Waals surface area (Å²) in [5.41, 5.74) is 1.62. The van der Waals surface area contributed by atoms with Gasteiger partial charge in [0, 0.05) is 5.56 Å². The molecule has 8 heteroatoms. The van der Waals surface area contributed by atoms with Crippen molar-refractivity contribution >= 4 is 5.91 Å². The number of halogens is 2. The molecule has 0 aliphatic rings. The van der Waals surface area contributed by atoms with Crippen molar-refractivity contribution in [2.45, 2.75) is 13.0 Å². The molecular weight excluding hydrogens is 316 g/mol. The Bertz CT molecular complexity index is 849. The van der Waals surface area contributed by atoms with Crippen molar-refractivity contribution in [1.82, 2.24) is 25.5 Å². The molecular formula is C16H13F2N5O.